The molecule has 0 bridgehead atoms. The van der Waals surface area contributed by atoms with E-state index in [1.54, 1.807) is 0 Å². The van der Waals surface area contributed by atoms with Crippen molar-refractivity contribution in [3.8, 4) is 0 Å². The highest BCUT2D eigenvalue weighted by Crippen LogP contribution is 2.35. The molecular weight excluding hydrogens is 330 g/mol. The van der Waals surface area contributed by atoms with E-state index in [2.05, 4.69) is 22.9 Å². The van der Waals surface area contributed by atoms with Gasteiger partial charge in [0.25, 0.3) is 0 Å². The molecule has 1 N–H and O–H groups in total. The lowest BCUT2D eigenvalue weighted by Crippen LogP contribution is -2.19. The predicted octanol–water partition coefficient (Wildman–Crippen LogP) is 4.60. The zero-order valence-corrected chi connectivity index (χ0v) is 13.6. The molecule has 1 atom stereocenters. The maximum Gasteiger partial charge on any atom is 0.336 e. The van der Waals surface area contributed by atoms with Crippen LogP contribution in [0.1, 0.15) is 47.8 Å². The fourth-order valence-electron chi connectivity index (χ4n) is 3.41. The van der Waals surface area contributed by atoms with Gasteiger partial charge in [-0.2, -0.15) is 0 Å². The lowest BCUT2D eigenvalue weighted by Gasteiger charge is -2.26. The third kappa shape index (κ3) is 2.57. The number of benzene rings is 1. The second-order valence-corrected chi connectivity index (χ2v) is 6.60. The Kier molecular flexibility index (Phi) is 3.98. The number of halogens is 1. The summed E-state index contributed by atoms with van der Waals surface area (Å²) in [5.74, 6) is -0.259. The van der Waals surface area contributed by atoms with Crippen LogP contribution in [0.25, 0.3) is 10.9 Å². The van der Waals surface area contributed by atoms with Crippen molar-refractivity contribution in [2.75, 3.05) is 0 Å². The largest absolute Gasteiger partial charge is 0.478 e. The third-order valence-electron chi connectivity index (χ3n) is 4.34. The van der Waals surface area contributed by atoms with Gasteiger partial charge in [-0.05, 0) is 42.9 Å². The van der Waals surface area contributed by atoms with E-state index in [0.717, 1.165) is 58.7 Å². The van der Waals surface area contributed by atoms with Crippen LogP contribution in [0.4, 0.5) is 0 Å². The molecule has 1 aliphatic rings. The molecular formula is C17H18BrNO2. The quantitative estimate of drug-likeness (QED) is 0.882. The van der Waals surface area contributed by atoms with Gasteiger partial charge in [-0.3, -0.25) is 4.98 Å². The van der Waals surface area contributed by atoms with Gasteiger partial charge in [0, 0.05) is 15.6 Å². The number of aryl methyl sites for hydroxylation is 1. The van der Waals surface area contributed by atoms with Crippen LogP contribution < -0.4 is 0 Å². The zero-order chi connectivity index (χ0) is 15.0. The summed E-state index contributed by atoms with van der Waals surface area (Å²) in [6.45, 7) is 2.18. The molecule has 1 aromatic carbocycles. The summed E-state index contributed by atoms with van der Waals surface area (Å²) < 4.78 is 0.810. The normalized spacial score (nSPS) is 17.7. The Morgan fingerprint density at radius 1 is 1.48 bits per heavy atom. The lowest BCUT2D eigenvalue weighted by atomic mass is 9.81. The third-order valence-corrected chi connectivity index (χ3v) is 5.00. The van der Waals surface area contributed by atoms with Crippen molar-refractivity contribution in [1.29, 1.82) is 0 Å². The Balaban J connectivity index is 2.24. The number of aromatic nitrogens is 1. The molecule has 1 aromatic heterocycles. The highest BCUT2D eigenvalue weighted by Gasteiger charge is 2.27. The van der Waals surface area contributed by atoms with Crippen LogP contribution in [-0.2, 0) is 12.8 Å². The van der Waals surface area contributed by atoms with Gasteiger partial charge in [-0.25, -0.2) is 4.79 Å². The van der Waals surface area contributed by atoms with Gasteiger partial charge in [0.05, 0.1) is 11.1 Å². The molecule has 0 saturated carbocycles. The lowest BCUT2D eigenvalue weighted by molar-refractivity contribution is 0.0697. The van der Waals surface area contributed by atoms with Gasteiger partial charge in [-0.15, -0.1) is 0 Å². The van der Waals surface area contributed by atoms with Crippen molar-refractivity contribution < 1.29 is 9.90 Å². The molecule has 2 aromatic rings. The topological polar surface area (TPSA) is 50.2 Å². The first kappa shape index (κ1) is 14.5. The highest BCUT2D eigenvalue weighted by atomic mass is 79.9. The first-order valence-electron chi connectivity index (χ1n) is 7.45. The van der Waals surface area contributed by atoms with Gasteiger partial charge in [-0.1, -0.05) is 41.8 Å². The Bertz CT molecular complexity index is 711. The second-order valence-electron chi connectivity index (χ2n) is 5.75. The molecule has 0 radical (unpaired) electrons. The summed E-state index contributed by atoms with van der Waals surface area (Å²) in [5, 5.41) is 10.5. The summed E-state index contributed by atoms with van der Waals surface area (Å²) in [7, 11) is 0. The fourth-order valence-corrected chi connectivity index (χ4v) is 3.96. The number of pyridine rings is 1. The summed E-state index contributed by atoms with van der Waals surface area (Å²) in [4.78, 5) is 16.6. The van der Waals surface area contributed by atoms with E-state index in [0.29, 0.717) is 11.5 Å². The molecule has 0 fully saturated rings. The molecule has 3 rings (SSSR count). The summed E-state index contributed by atoms with van der Waals surface area (Å²) >= 11 is 3.49. The molecule has 4 heteroatoms. The average Bonchev–Trinajstić information content (AvgIpc) is 2.45. The summed E-state index contributed by atoms with van der Waals surface area (Å²) in [5.41, 5.74) is 3.15. The molecule has 1 aliphatic carbocycles. The van der Waals surface area contributed by atoms with Crippen molar-refractivity contribution in [1.82, 2.24) is 4.98 Å². The van der Waals surface area contributed by atoms with E-state index in [-0.39, 0.29) is 0 Å². The Labute approximate surface area is 132 Å². The second kappa shape index (κ2) is 5.76. The van der Waals surface area contributed by atoms with Crippen LogP contribution in [0.2, 0.25) is 0 Å². The first-order valence-corrected chi connectivity index (χ1v) is 8.24. The molecule has 3 nitrogen and oxygen atoms in total. The van der Waals surface area contributed by atoms with E-state index in [1.807, 2.05) is 18.2 Å². The minimum absolute atomic E-state index is 0.447. The van der Waals surface area contributed by atoms with E-state index in [4.69, 9.17) is 4.98 Å². The number of carboxylic acid groups (broad SMARTS) is 1. The Morgan fingerprint density at radius 3 is 3.00 bits per heavy atom. The number of hydrogen-bond acceptors (Lipinski definition) is 2. The van der Waals surface area contributed by atoms with Crippen molar-refractivity contribution in [3.63, 3.8) is 0 Å². The number of hydrogen-bond donors (Lipinski definition) is 1. The average molecular weight is 348 g/mol. The number of nitrogens with zero attached hydrogens (tertiary/aromatic N) is 1. The molecule has 110 valence electrons. The van der Waals surface area contributed by atoms with Crippen LogP contribution in [0, 0.1) is 5.92 Å². The fraction of sp³-hybridized carbons (Fsp3) is 0.412. The summed E-state index contributed by atoms with van der Waals surface area (Å²) in [6.07, 6.45) is 5.16. The van der Waals surface area contributed by atoms with Gasteiger partial charge in [0.2, 0.25) is 0 Å². The Hall–Kier alpha value is -1.42. The van der Waals surface area contributed by atoms with E-state index in [1.165, 1.54) is 0 Å². The highest BCUT2D eigenvalue weighted by molar-refractivity contribution is 9.10. The van der Waals surface area contributed by atoms with Crippen LogP contribution >= 0.6 is 15.9 Å². The van der Waals surface area contributed by atoms with Gasteiger partial charge in [0.15, 0.2) is 0 Å². The molecule has 0 amide bonds. The van der Waals surface area contributed by atoms with Crippen LogP contribution in [-0.4, -0.2) is 16.1 Å². The van der Waals surface area contributed by atoms with E-state index < -0.39 is 5.97 Å². The van der Waals surface area contributed by atoms with Crippen LogP contribution in [0.3, 0.4) is 0 Å². The first-order chi connectivity index (χ1) is 10.1. The van der Waals surface area contributed by atoms with Crippen LogP contribution in [0.15, 0.2) is 22.7 Å². The van der Waals surface area contributed by atoms with Crippen molar-refractivity contribution in [2.45, 2.75) is 39.0 Å². The molecule has 0 saturated heterocycles. The Morgan fingerprint density at radius 2 is 2.29 bits per heavy atom. The van der Waals surface area contributed by atoms with Crippen molar-refractivity contribution in [2.24, 2.45) is 5.92 Å². The number of carbonyl (C=O) groups is 1. The number of carboxylic acids is 1. The number of rotatable bonds is 3. The van der Waals surface area contributed by atoms with Gasteiger partial charge >= 0.3 is 5.97 Å². The van der Waals surface area contributed by atoms with Crippen molar-refractivity contribution >= 4 is 32.8 Å². The molecule has 21 heavy (non-hydrogen) atoms. The van der Waals surface area contributed by atoms with E-state index in [9.17, 15) is 9.90 Å². The molecule has 1 heterocycles. The standard InChI is InChI=1S/C17H18BrNO2/c1-2-4-10-7-8-13-11(9-10)15(17(20)21)16-12(18)5-3-6-14(16)19-13/h3,5-6,10H,2,4,7-9H2,1H3,(H,20,21). The minimum Gasteiger partial charge on any atom is -0.478 e. The predicted molar refractivity (Wildman–Crippen MR) is 86.8 cm³/mol. The van der Waals surface area contributed by atoms with E-state index >= 15 is 0 Å². The number of aromatic carboxylic acids is 1. The minimum atomic E-state index is -0.845. The molecule has 0 aliphatic heterocycles. The monoisotopic (exact) mass is 347 g/mol. The zero-order valence-electron chi connectivity index (χ0n) is 12.0. The van der Waals surface area contributed by atoms with Gasteiger partial charge < -0.3 is 5.11 Å². The smallest absolute Gasteiger partial charge is 0.336 e. The molecule has 1 unspecified atom stereocenters. The maximum atomic E-state index is 11.9. The summed E-state index contributed by atoms with van der Waals surface area (Å²) in [6, 6.07) is 5.68. The van der Waals surface area contributed by atoms with Crippen molar-refractivity contribution in [3.05, 3.63) is 39.5 Å². The van der Waals surface area contributed by atoms with Crippen LogP contribution in [0.5, 0.6) is 0 Å². The van der Waals surface area contributed by atoms with Gasteiger partial charge in [0.1, 0.15) is 0 Å². The number of fused-ring (bicyclic) bond motifs is 2. The SMILES string of the molecule is CCCC1CCc2nc3cccc(Br)c3c(C(=O)O)c2C1. The maximum absolute atomic E-state index is 11.9. The molecule has 0 spiro atoms.